The molecule has 0 aliphatic rings. The van der Waals surface area contributed by atoms with Gasteiger partial charge in [0.2, 0.25) is 0 Å². The molecule has 20 heavy (non-hydrogen) atoms. The summed E-state index contributed by atoms with van der Waals surface area (Å²) in [6, 6.07) is 4.92. The number of alkyl halides is 4. The van der Waals surface area contributed by atoms with Gasteiger partial charge in [-0.25, -0.2) is 0 Å². The Hall–Kier alpha value is -1.64. The van der Waals surface area contributed by atoms with Crippen molar-refractivity contribution in [2.45, 2.75) is 6.18 Å². The zero-order valence-electron chi connectivity index (χ0n) is 10.1. The van der Waals surface area contributed by atoms with Crippen LogP contribution in [0.3, 0.4) is 0 Å². The first-order chi connectivity index (χ1) is 9.26. The lowest BCUT2D eigenvalue weighted by Crippen LogP contribution is -2.40. The van der Waals surface area contributed by atoms with Crippen molar-refractivity contribution < 1.29 is 22.9 Å². The topological polar surface area (TPSA) is 63.4 Å². The molecule has 0 aliphatic carbocycles. The van der Waals surface area contributed by atoms with E-state index in [-0.39, 0.29) is 17.4 Å². The predicted octanol–water partition coefficient (Wildman–Crippen LogP) is 2.99. The Morgan fingerprint density at radius 3 is 2.45 bits per heavy atom. The Morgan fingerprint density at radius 2 is 1.95 bits per heavy atom. The fourth-order valence-corrected chi connectivity index (χ4v) is 1.98. The summed E-state index contributed by atoms with van der Waals surface area (Å²) in [6.45, 7) is -1.66. The molecule has 1 aromatic carbocycles. The van der Waals surface area contributed by atoms with Gasteiger partial charge in [-0.3, -0.25) is 14.9 Å². The molecule has 1 rings (SSSR count). The highest BCUT2D eigenvalue weighted by molar-refractivity contribution is 9.09. The molecule has 1 aromatic rings. The molecule has 0 spiro atoms. The van der Waals surface area contributed by atoms with E-state index in [2.05, 4.69) is 15.9 Å². The van der Waals surface area contributed by atoms with Gasteiger partial charge in [-0.2, -0.15) is 13.2 Å². The third-order valence-corrected chi connectivity index (χ3v) is 2.70. The lowest BCUT2D eigenvalue weighted by molar-refractivity contribution is -0.385. The maximum atomic E-state index is 12.4. The van der Waals surface area contributed by atoms with E-state index in [4.69, 9.17) is 0 Å². The van der Waals surface area contributed by atoms with Gasteiger partial charge in [0, 0.05) is 17.9 Å². The van der Waals surface area contributed by atoms with Crippen molar-refractivity contribution in [3.63, 3.8) is 0 Å². The Balaban J connectivity index is 3.09. The number of hydrogen-bond acceptors (Lipinski definition) is 3. The summed E-state index contributed by atoms with van der Waals surface area (Å²) in [7, 11) is 0. The van der Waals surface area contributed by atoms with Crippen LogP contribution in [0.5, 0.6) is 0 Å². The van der Waals surface area contributed by atoms with Gasteiger partial charge in [0.15, 0.2) is 0 Å². The van der Waals surface area contributed by atoms with E-state index in [0.29, 0.717) is 4.90 Å². The third kappa shape index (κ3) is 4.48. The summed E-state index contributed by atoms with van der Waals surface area (Å²) >= 11 is 2.95. The van der Waals surface area contributed by atoms with Crippen LogP contribution in [0.25, 0.3) is 0 Å². The molecule has 0 fully saturated rings. The number of amides is 1. The van der Waals surface area contributed by atoms with E-state index in [1.54, 1.807) is 0 Å². The molecule has 0 saturated carbocycles. The maximum Gasteiger partial charge on any atom is 0.406 e. The molecule has 110 valence electrons. The average Bonchev–Trinajstić information content (AvgIpc) is 2.36. The quantitative estimate of drug-likeness (QED) is 0.463. The summed E-state index contributed by atoms with van der Waals surface area (Å²) in [4.78, 5) is 22.6. The van der Waals surface area contributed by atoms with Crippen LogP contribution in [0.15, 0.2) is 24.3 Å². The number of hydrogen-bond donors (Lipinski definition) is 0. The van der Waals surface area contributed by atoms with Gasteiger partial charge in [-0.1, -0.05) is 28.1 Å². The standard InChI is InChI=1S/C11H10BrF3N2O3/c12-5-6-16(7-11(13,14)15)10(18)8-3-1-2-4-9(8)17(19)20/h1-4H,5-7H2. The van der Waals surface area contributed by atoms with Crippen LogP contribution in [0.1, 0.15) is 10.4 Å². The molecule has 1 amide bonds. The van der Waals surface area contributed by atoms with Crippen LogP contribution in [-0.4, -0.2) is 40.3 Å². The van der Waals surface area contributed by atoms with Gasteiger partial charge < -0.3 is 4.90 Å². The molecule has 0 aromatic heterocycles. The van der Waals surface area contributed by atoms with E-state index >= 15 is 0 Å². The van der Waals surface area contributed by atoms with Gasteiger partial charge in [0.25, 0.3) is 11.6 Å². The molecule has 0 atom stereocenters. The fraction of sp³-hybridized carbons (Fsp3) is 0.364. The fourth-order valence-electron chi connectivity index (χ4n) is 1.55. The number of halogens is 4. The van der Waals surface area contributed by atoms with Crippen LogP contribution < -0.4 is 0 Å². The molecular weight excluding hydrogens is 345 g/mol. The largest absolute Gasteiger partial charge is 0.406 e. The molecule has 0 heterocycles. The van der Waals surface area contributed by atoms with Gasteiger partial charge in [-0.15, -0.1) is 0 Å². The first-order valence-electron chi connectivity index (χ1n) is 5.41. The number of nitrogens with zero attached hydrogens (tertiary/aromatic N) is 2. The Labute approximate surface area is 120 Å². The molecule has 0 saturated heterocycles. The van der Waals surface area contributed by atoms with Gasteiger partial charge in [-0.05, 0) is 6.07 Å². The van der Waals surface area contributed by atoms with E-state index in [0.717, 1.165) is 12.1 Å². The van der Waals surface area contributed by atoms with Gasteiger partial charge >= 0.3 is 6.18 Å². The summed E-state index contributed by atoms with van der Waals surface area (Å²) in [5.74, 6) is -1.02. The van der Waals surface area contributed by atoms with Crippen molar-refractivity contribution in [3.05, 3.63) is 39.9 Å². The SMILES string of the molecule is O=C(c1ccccc1[N+](=O)[O-])N(CCBr)CC(F)(F)F. The monoisotopic (exact) mass is 354 g/mol. The molecule has 0 aliphatic heterocycles. The lowest BCUT2D eigenvalue weighted by Gasteiger charge is -2.23. The van der Waals surface area contributed by atoms with Crippen LogP contribution in [0.4, 0.5) is 18.9 Å². The highest BCUT2D eigenvalue weighted by Crippen LogP contribution is 2.22. The number of rotatable bonds is 5. The van der Waals surface area contributed by atoms with Crippen LogP contribution in [0.2, 0.25) is 0 Å². The molecule has 0 bridgehead atoms. The highest BCUT2D eigenvalue weighted by atomic mass is 79.9. The number of nitro groups is 1. The number of benzene rings is 1. The second-order valence-electron chi connectivity index (χ2n) is 3.81. The lowest BCUT2D eigenvalue weighted by atomic mass is 10.1. The summed E-state index contributed by atoms with van der Waals surface area (Å²) in [5, 5.41) is 10.9. The summed E-state index contributed by atoms with van der Waals surface area (Å²) in [6.07, 6.45) is -4.57. The summed E-state index contributed by atoms with van der Waals surface area (Å²) in [5.41, 5.74) is -0.873. The number of carbonyl (C=O) groups is 1. The third-order valence-electron chi connectivity index (χ3n) is 2.34. The van der Waals surface area contributed by atoms with Crippen molar-refractivity contribution in [2.75, 3.05) is 18.4 Å². The van der Waals surface area contributed by atoms with Crippen molar-refractivity contribution in [2.24, 2.45) is 0 Å². The molecular formula is C11H10BrF3N2O3. The Kier molecular flexibility index (Phi) is 5.49. The number of carbonyl (C=O) groups excluding carboxylic acids is 1. The zero-order valence-corrected chi connectivity index (χ0v) is 11.6. The van der Waals surface area contributed by atoms with Crippen LogP contribution >= 0.6 is 15.9 Å². The number of nitro benzene ring substituents is 1. The Bertz CT molecular complexity index is 508. The van der Waals surface area contributed by atoms with Crippen LogP contribution in [0, 0.1) is 10.1 Å². The minimum absolute atomic E-state index is 0.134. The van der Waals surface area contributed by atoms with Crippen molar-refractivity contribution in [1.29, 1.82) is 0 Å². The number of para-hydroxylation sites is 1. The van der Waals surface area contributed by atoms with Crippen molar-refractivity contribution in [1.82, 2.24) is 4.90 Å². The van der Waals surface area contributed by atoms with E-state index in [9.17, 15) is 28.1 Å². The highest BCUT2D eigenvalue weighted by Gasteiger charge is 2.34. The Morgan fingerprint density at radius 1 is 1.35 bits per heavy atom. The molecule has 0 N–H and O–H groups in total. The maximum absolute atomic E-state index is 12.4. The molecule has 0 unspecified atom stereocenters. The normalized spacial score (nSPS) is 11.2. The van der Waals surface area contributed by atoms with Crippen molar-refractivity contribution >= 4 is 27.5 Å². The predicted molar refractivity (Wildman–Crippen MR) is 68.8 cm³/mol. The smallest absolute Gasteiger partial charge is 0.328 e. The van der Waals surface area contributed by atoms with Gasteiger partial charge in [0.1, 0.15) is 12.1 Å². The first kappa shape index (κ1) is 16.4. The minimum atomic E-state index is -4.57. The minimum Gasteiger partial charge on any atom is -0.328 e. The average molecular weight is 355 g/mol. The van der Waals surface area contributed by atoms with Gasteiger partial charge in [0.05, 0.1) is 4.92 Å². The zero-order chi connectivity index (χ0) is 15.3. The first-order valence-corrected chi connectivity index (χ1v) is 6.54. The van der Waals surface area contributed by atoms with E-state index in [1.807, 2.05) is 0 Å². The second-order valence-corrected chi connectivity index (χ2v) is 4.60. The van der Waals surface area contributed by atoms with E-state index < -0.39 is 29.2 Å². The molecule has 5 nitrogen and oxygen atoms in total. The summed E-state index contributed by atoms with van der Waals surface area (Å²) < 4.78 is 37.3. The van der Waals surface area contributed by atoms with Crippen LogP contribution in [-0.2, 0) is 0 Å². The molecule has 0 radical (unpaired) electrons. The van der Waals surface area contributed by atoms with E-state index in [1.165, 1.54) is 12.1 Å². The van der Waals surface area contributed by atoms with Crippen molar-refractivity contribution in [3.8, 4) is 0 Å². The second kappa shape index (κ2) is 6.69. The molecule has 9 heteroatoms.